The third kappa shape index (κ3) is 5.79. The summed E-state index contributed by atoms with van der Waals surface area (Å²) in [4.78, 5) is 21.4. The molecular formula is C26H28F3N5O. The molecule has 1 fully saturated rings. The van der Waals surface area contributed by atoms with Crippen LogP contribution in [0, 0.1) is 0 Å². The number of amides is 1. The molecule has 3 aromatic rings. The lowest BCUT2D eigenvalue weighted by molar-refractivity contribution is -0.137. The molecule has 0 radical (unpaired) electrons. The molecule has 0 bridgehead atoms. The Labute approximate surface area is 202 Å². The van der Waals surface area contributed by atoms with Gasteiger partial charge in [0.1, 0.15) is 0 Å². The van der Waals surface area contributed by atoms with Gasteiger partial charge in [0.25, 0.3) is 5.91 Å². The molecule has 0 unspecified atom stereocenters. The normalized spacial score (nSPS) is 15.3. The highest BCUT2D eigenvalue weighted by Crippen LogP contribution is 2.29. The molecule has 1 aliphatic heterocycles. The minimum atomic E-state index is -4.46. The van der Waals surface area contributed by atoms with E-state index in [9.17, 15) is 18.0 Å². The van der Waals surface area contributed by atoms with Crippen LogP contribution in [0.15, 0.2) is 60.9 Å². The van der Waals surface area contributed by atoms with Crippen LogP contribution < -0.4 is 0 Å². The molecule has 184 valence electrons. The third-order valence-corrected chi connectivity index (χ3v) is 6.01. The zero-order chi connectivity index (χ0) is 25.0. The second-order valence-corrected chi connectivity index (χ2v) is 8.82. The molecule has 0 aliphatic carbocycles. The molecule has 0 saturated carbocycles. The highest BCUT2D eigenvalue weighted by molar-refractivity contribution is 5.95. The zero-order valence-corrected chi connectivity index (χ0v) is 19.7. The van der Waals surface area contributed by atoms with Crippen LogP contribution in [0.1, 0.15) is 46.9 Å². The van der Waals surface area contributed by atoms with Crippen LogP contribution in [0.25, 0.3) is 11.9 Å². The van der Waals surface area contributed by atoms with Crippen molar-refractivity contribution in [1.29, 1.82) is 0 Å². The van der Waals surface area contributed by atoms with E-state index in [1.165, 1.54) is 16.9 Å². The Balaban J connectivity index is 1.43. The number of hydrogen-bond acceptors (Lipinski definition) is 4. The van der Waals surface area contributed by atoms with Gasteiger partial charge in [-0.3, -0.25) is 9.69 Å². The summed E-state index contributed by atoms with van der Waals surface area (Å²) in [7, 11) is 0. The average molecular weight is 484 g/mol. The lowest BCUT2D eigenvalue weighted by atomic mass is 10.0. The average Bonchev–Trinajstić information content (AvgIpc) is 3.30. The van der Waals surface area contributed by atoms with E-state index >= 15 is 0 Å². The van der Waals surface area contributed by atoms with Crippen LogP contribution in [-0.2, 0) is 6.18 Å². The van der Waals surface area contributed by atoms with Crippen molar-refractivity contribution in [3.05, 3.63) is 83.3 Å². The van der Waals surface area contributed by atoms with Gasteiger partial charge in [0.2, 0.25) is 0 Å². The predicted octanol–water partition coefficient (Wildman–Crippen LogP) is 4.88. The molecule has 1 aliphatic rings. The Morgan fingerprint density at radius 1 is 1.03 bits per heavy atom. The SMILES string of the molecule is CC(C)c1c(C(=O)N2CCN(C/C=C/c3ccccc3)CC2)cnn1-c1ccc(C(F)(F)F)cn1. The maximum absolute atomic E-state index is 13.3. The van der Waals surface area contributed by atoms with Crippen LogP contribution in [0.3, 0.4) is 0 Å². The summed E-state index contributed by atoms with van der Waals surface area (Å²) < 4.78 is 40.2. The van der Waals surface area contributed by atoms with Gasteiger partial charge in [0, 0.05) is 38.9 Å². The Kier molecular flexibility index (Phi) is 7.35. The highest BCUT2D eigenvalue weighted by atomic mass is 19.4. The van der Waals surface area contributed by atoms with E-state index in [0.717, 1.165) is 37.5 Å². The van der Waals surface area contributed by atoms with E-state index < -0.39 is 11.7 Å². The largest absolute Gasteiger partial charge is 0.417 e. The third-order valence-electron chi connectivity index (χ3n) is 6.01. The van der Waals surface area contributed by atoms with Gasteiger partial charge in [0.05, 0.1) is 23.0 Å². The first-order valence-electron chi connectivity index (χ1n) is 11.6. The molecular weight excluding hydrogens is 455 g/mol. The quantitative estimate of drug-likeness (QED) is 0.502. The van der Waals surface area contributed by atoms with Crippen molar-refractivity contribution < 1.29 is 18.0 Å². The molecule has 9 heteroatoms. The molecule has 0 N–H and O–H groups in total. The maximum atomic E-state index is 13.3. The number of carbonyl (C=O) groups is 1. The van der Waals surface area contributed by atoms with Crippen molar-refractivity contribution in [2.24, 2.45) is 0 Å². The highest BCUT2D eigenvalue weighted by Gasteiger charge is 2.31. The molecule has 3 heterocycles. The predicted molar refractivity (Wildman–Crippen MR) is 128 cm³/mol. The van der Waals surface area contributed by atoms with Crippen molar-refractivity contribution in [1.82, 2.24) is 24.6 Å². The summed E-state index contributed by atoms with van der Waals surface area (Å²) in [5.41, 5.74) is 1.42. The summed E-state index contributed by atoms with van der Waals surface area (Å²) in [5.74, 6) is 0.0482. The van der Waals surface area contributed by atoms with Crippen LogP contribution >= 0.6 is 0 Å². The van der Waals surface area contributed by atoms with Crippen LogP contribution in [-0.4, -0.2) is 63.2 Å². The minimum absolute atomic E-state index is 0.0787. The first-order chi connectivity index (χ1) is 16.7. The molecule has 0 atom stereocenters. The van der Waals surface area contributed by atoms with Gasteiger partial charge in [-0.2, -0.15) is 18.3 Å². The first-order valence-corrected chi connectivity index (χ1v) is 11.6. The molecule has 35 heavy (non-hydrogen) atoms. The van der Waals surface area contributed by atoms with E-state index in [1.54, 1.807) is 0 Å². The van der Waals surface area contributed by atoms with Gasteiger partial charge in [-0.1, -0.05) is 56.3 Å². The molecule has 0 spiro atoms. The van der Waals surface area contributed by atoms with Gasteiger partial charge in [-0.25, -0.2) is 9.67 Å². The number of alkyl halides is 3. The second kappa shape index (κ2) is 10.4. The number of carbonyl (C=O) groups excluding carboxylic acids is 1. The number of rotatable bonds is 6. The minimum Gasteiger partial charge on any atom is -0.336 e. The zero-order valence-electron chi connectivity index (χ0n) is 19.7. The van der Waals surface area contributed by atoms with Gasteiger partial charge < -0.3 is 4.90 Å². The topological polar surface area (TPSA) is 54.3 Å². The van der Waals surface area contributed by atoms with Gasteiger partial charge in [-0.05, 0) is 23.6 Å². The fraction of sp³-hybridized carbons (Fsp3) is 0.346. The number of nitrogens with zero attached hydrogens (tertiary/aromatic N) is 5. The first kappa shape index (κ1) is 24.7. The fourth-order valence-corrected chi connectivity index (χ4v) is 4.15. The lowest BCUT2D eigenvalue weighted by Gasteiger charge is -2.34. The van der Waals surface area contributed by atoms with Crippen LogP contribution in [0.5, 0.6) is 0 Å². The van der Waals surface area contributed by atoms with Crippen molar-refractivity contribution >= 4 is 12.0 Å². The van der Waals surface area contributed by atoms with Gasteiger partial charge in [-0.15, -0.1) is 0 Å². The monoisotopic (exact) mass is 483 g/mol. The fourth-order valence-electron chi connectivity index (χ4n) is 4.15. The number of halogens is 3. The Hall–Kier alpha value is -3.46. The smallest absolute Gasteiger partial charge is 0.336 e. The molecule has 4 rings (SSSR count). The van der Waals surface area contributed by atoms with E-state index in [-0.39, 0.29) is 17.6 Å². The summed E-state index contributed by atoms with van der Waals surface area (Å²) in [6, 6.07) is 12.4. The number of piperazine rings is 1. The standard InChI is InChI=1S/C26H28F3N5O/c1-19(2)24-22(18-31-34(24)23-11-10-21(17-30-23)26(27,28)29)25(35)33-15-13-32(14-16-33)12-6-9-20-7-4-3-5-8-20/h3-11,17-19H,12-16H2,1-2H3/b9-6+. The summed E-state index contributed by atoms with van der Waals surface area (Å²) in [6.07, 6.45) is 2.04. The van der Waals surface area contributed by atoms with E-state index in [4.69, 9.17) is 0 Å². The van der Waals surface area contributed by atoms with E-state index in [2.05, 4.69) is 39.3 Å². The Morgan fingerprint density at radius 2 is 1.74 bits per heavy atom. The van der Waals surface area contributed by atoms with Crippen molar-refractivity contribution in [2.45, 2.75) is 25.9 Å². The van der Waals surface area contributed by atoms with Gasteiger partial charge in [0.15, 0.2) is 5.82 Å². The lowest BCUT2D eigenvalue weighted by Crippen LogP contribution is -2.48. The Bertz CT molecular complexity index is 1160. The summed E-state index contributed by atoms with van der Waals surface area (Å²) in [6.45, 7) is 7.37. The molecule has 1 saturated heterocycles. The van der Waals surface area contributed by atoms with E-state index in [0.29, 0.717) is 24.3 Å². The molecule has 2 aromatic heterocycles. The van der Waals surface area contributed by atoms with Crippen LogP contribution in [0.4, 0.5) is 13.2 Å². The number of hydrogen-bond donors (Lipinski definition) is 0. The van der Waals surface area contributed by atoms with Crippen molar-refractivity contribution in [3.63, 3.8) is 0 Å². The molecule has 1 aromatic carbocycles. The van der Waals surface area contributed by atoms with E-state index in [1.807, 2.05) is 36.9 Å². The second-order valence-electron chi connectivity index (χ2n) is 8.82. The molecule has 1 amide bonds. The summed E-state index contributed by atoms with van der Waals surface area (Å²) >= 11 is 0. The molecule has 6 nitrogen and oxygen atoms in total. The van der Waals surface area contributed by atoms with Crippen molar-refractivity contribution in [2.75, 3.05) is 32.7 Å². The number of pyridine rings is 1. The summed E-state index contributed by atoms with van der Waals surface area (Å²) in [5, 5.41) is 4.31. The van der Waals surface area contributed by atoms with Crippen LogP contribution in [0.2, 0.25) is 0 Å². The number of benzene rings is 1. The van der Waals surface area contributed by atoms with Gasteiger partial charge >= 0.3 is 6.18 Å². The van der Waals surface area contributed by atoms with Crippen molar-refractivity contribution in [3.8, 4) is 5.82 Å². The maximum Gasteiger partial charge on any atom is 0.417 e. The Morgan fingerprint density at radius 3 is 2.34 bits per heavy atom. The number of aromatic nitrogens is 3.